The van der Waals surface area contributed by atoms with Gasteiger partial charge in [0, 0.05) is 6.20 Å². The monoisotopic (exact) mass is 290 g/mol. The molecule has 1 aromatic carbocycles. The predicted octanol–water partition coefficient (Wildman–Crippen LogP) is 3.31. The van der Waals surface area contributed by atoms with Crippen LogP contribution in [-0.2, 0) is 11.2 Å². The highest BCUT2D eigenvalue weighted by Crippen LogP contribution is 2.18. The van der Waals surface area contributed by atoms with Crippen molar-refractivity contribution in [1.29, 1.82) is 0 Å². The Morgan fingerprint density at radius 1 is 1.30 bits per heavy atom. The molecule has 0 bridgehead atoms. The van der Waals surface area contributed by atoms with E-state index in [0.29, 0.717) is 10.8 Å². The Labute approximate surface area is 122 Å². The quantitative estimate of drug-likeness (QED) is 0.919. The van der Waals surface area contributed by atoms with Crippen LogP contribution in [0.2, 0.25) is 5.02 Å². The molecule has 1 aromatic heterocycles. The van der Waals surface area contributed by atoms with E-state index in [1.54, 1.807) is 12.1 Å². The molecule has 1 amide bonds. The maximum Gasteiger partial charge on any atom is 0.263 e. The fourth-order valence-electron chi connectivity index (χ4n) is 1.71. The number of rotatable bonds is 5. The van der Waals surface area contributed by atoms with E-state index in [1.165, 1.54) is 6.20 Å². The Bertz CT molecular complexity index is 585. The lowest BCUT2D eigenvalue weighted by Gasteiger charge is -2.10. The highest BCUT2D eigenvalue weighted by Gasteiger charge is 2.06. The number of nitrogens with zero attached hydrogens (tertiary/aromatic N) is 1. The largest absolute Gasteiger partial charge is 0.483 e. The van der Waals surface area contributed by atoms with Gasteiger partial charge in [-0.3, -0.25) is 4.79 Å². The number of aryl methyl sites for hydroxylation is 1. The van der Waals surface area contributed by atoms with Gasteiger partial charge in [0.25, 0.3) is 5.91 Å². The normalized spacial score (nSPS) is 10.1. The minimum atomic E-state index is -0.259. The summed E-state index contributed by atoms with van der Waals surface area (Å²) in [7, 11) is 0. The molecule has 0 spiro atoms. The second-order valence-corrected chi connectivity index (χ2v) is 4.60. The van der Waals surface area contributed by atoms with Gasteiger partial charge in [-0.15, -0.1) is 0 Å². The summed E-state index contributed by atoms with van der Waals surface area (Å²) < 4.78 is 5.52. The Kier molecular flexibility index (Phi) is 4.96. The smallest absolute Gasteiger partial charge is 0.263 e. The fourth-order valence-corrected chi connectivity index (χ4v) is 1.82. The summed E-state index contributed by atoms with van der Waals surface area (Å²) in [6.45, 7) is 1.99. The van der Waals surface area contributed by atoms with Crippen molar-refractivity contribution in [2.24, 2.45) is 0 Å². The molecule has 0 saturated carbocycles. The molecular weight excluding hydrogens is 276 g/mol. The van der Waals surface area contributed by atoms with Crippen LogP contribution in [0, 0.1) is 0 Å². The third-order valence-electron chi connectivity index (χ3n) is 2.71. The summed E-state index contributed by atoms with van der Waals surface area (Å²) in [6.07, 6.45) is 2.33. The van der Waals surface area contributed by atoms with Crippen molar-refractivity contribution in [3.63, 3.8) is 0 Å². The zero-order valence-electron chi connectivity index (χ0n) is 11.1. The lowest BCUT2D eigenvalue weighted by atomic mass is 10.1. The summed E-state index contributed by atoms with van der Waals surface area (Å²) >= 11 is 5.72. The molecule has 0 aliphatic rings. The minimum Gasteiger partial charge on any atom is -0.483 e. The number of carbonyl (C=O) groups excluding carboxylic acids is 1. The minimum absolute atomic E-state index is 0.0542. The van der Waals surface area contributed by atoms with Crippen LogP contribution < -0.4 is 10.1 Å². The summed E-state index contributed by atoms with van der Waals surface area (Å²) in [5.74, 6) is 0.923. The van der Waals surface area contributed by atoms with Gasteiger partial charge in [-0.25, -0.2) is 4.98 Å². The fraction of sp³-hybridized carbons (Fsp3) is 0.200. The van der Waals surface area contributed by atoms with E-state index in [9.17, 15) is 4.79 Å². The molecule has 1 heterocycles. The molecule has 2 aromatic rings. The van der Waals surface area contributed by atoms with E-state index >= 15 is 0 Å². The number of para-hydroxylation sites is 1. The molecule has 1 N–H and O–H groups in total. The number of carbonyl (C=O) groups is 1. The van der Waals surface area contributed by atoms with Crippen LogP contribution in [0.25, 0.3) is 0 Å². The Morgan fingerprint density at radius 2 is 2.10 bits per heavy atom. The van der Waals surface area contributed by atoms with E-state index in [4.69, 9.17) is 16.3 Å². The summed E-state index contributed by atoms with van der Waals surface area (Å²) in [4.78, 5) is 15.7. The van der Waals surface area contributed by atoms with E-state index in [-0.39, 0.29) is 12.5 Å². The molecule has 4 nitrogen and oxygen atoms in total. The van der Waals surface area contributed by atoms with Gasteiger partial charge in [-0.05, 0) is 30.2 Å². The first-order valence-corrected chi connectivity index (χ1v) is 6.69. The number of nitrogens with one attached hydrogen (secondary N) is 1. The zero-order valence-corrected chi connectivity index (χ0v) is 11.9. The molecule has 5 heteroatoms. The number of aromatic nitrogens is 1. The summed E-state index contributed by atoms with van der Waals surface area (Å²) in [5.41, 5.74) is 1.07. The average molecular weight is 291 g/mol. The lowest BCUT2D eigenvalue weighted by Crippen LogP contribution is -2.21. The molecule has 0 fully saturated rings. The first-order valence-electron chi connectivity index (χ1n) is 6.31. The molecule has 20 heavy (non-hydrogen) atoms. The molecule has 0 saturated heterocycles. The second kappa shape index (κ2) is 6.91. The van der Waals surface area contributed by atoms with Gasteiger partial charge in [0.1, 0.15) is 11.6 Å². The van der Waals surface area contributed by atoms with Crippen LogP contribution in [0.15, 0.2) is 42.6 Å². The molecule has 0 aliphatic heterocycles. The second-order valence-electron chi connectivity index (χ2n) is 4.16. The van der Waals surface area contributed by atoms with Crippen molar-refractivity contribution in [3.8, 4) is 5.75 Å². The van der Waals surface area contributed by atoms with Gasteiger partial charge in [-0.2, -0.15) is 0 Å². The number of amides is 1. The third-order valence-corrected chi connectivity index (χ3v) is 2.93. The highest BCUT2D eigenvalue weighted by atomic mass is 35.5. The molecule has 0 atom stereocenters. The van der Waals surface area contributed by atoms with Crippen molar-refractivity contribution >= 4 is 23.3 Å². The van der Waals surface area contributed by atoms with Crippen LogP contribution in [0.3, 0.4) is 0 Å². The standard InChI is InChI=1S/C15H15ClN2O2/c1-2-11-5-3-4-6-13(11)20-10-15(19)18-14-8-7-12(16)9-17-14/h3-9H,2,10H2,1H3,(H,17,18,19). The van der Waals surface area contributed by atoms with E-state index in [1.807, 2.05) is 31.2 Å². The van der Waals surface area contributed by atoms with Crippen molar-refractivity contribution in [2.45, 2.75) is 13.3 Å². The van der Waals surface area contributed by atoms with Crippen molar-refractivity contribution in [3.05, 3.63) is 53.2 Å². The van der Waals surface area contributed by atoms with E-state index in [2.05, 4.69) is 10.3 Å². The number of ether oxygens (including phenoxy) is 1. The molecular formula is C15H15ClN2O2. The van der Waals surface area contributed by atoms with Crippen molar-refractivity contribution in [2.75, 3.05) is 11.9 Å². The maximum atomic E-state index is 11.8. The van der Waals surface area contributed by atoms with Gasteiger partial charge in [0.15, 0.2) is 6.61 Å². The molecule has 0 radical (unpaired) electrons. The Morgan fingerprint density at radius 3 is 2.80 bits per heavy atom. The van der Waals surface area contributed by atoms with Crippen LogP contribution in [0.1, 0.15) is 12.5 Å². The number of hydrogen-bond donors (Lipinski definition) is 1. The SMILES string of the molecule is CCc1ccccc1OCC(=O)Nc1ccc(Cl)cn1. The topological polar surface area (TPSA) is 51.2 Å². The van der Waals surface area contributed by atoms with E-state index in [0.717, 1.165) is 17.7 Å². The van der Waals surface area contributed by atoms with Gasteiger partial charge in [0.2, 0.25) is 0 Å². The number of hydrogen-bond acceptors (Lipinski definition) is 3. The Balaban J connectivity index is 1.90. The number of halogens is 1. The number of pyridine rings is 1. The first kappa shape index (κ1) is 14.3. The highest BCUT2D eigenvalue weighted by molar-refractivity contribution is 6.30. The van der Waals surface area contributed by atoms with E-state index < -0.39 is 0 Å². The number of anilines is 1. The predicted molar refractivity (Wildman–Crippen MR) is 79.2 cm³/mol. The molecule has 2 rings (SSSR count). The summed E-state index contributed by atoms with van der Waals surface area (Å²) in [5, 5.41) is 3.17. The van der Waals surface area contributed by atoms with Gasteiger partial charge >= 0.3 is 0 Å². The average Bonchev–Trinajstić information content (AvgIpc) is 2.48. The maximum absolute atomic E-state index is 11.8. The van der Waals surface area contributed by atoms with Gasteiger partial charge in [-0.1, -0.05) is 36.7 Å². The molecule has 104 valence electrons. The van der Waals surface area contributed by atoms with Crippen molar-refractivity contribution < 1.29 is 9.53 Å². The van der Waals surface area contributed by atoms with Crippen LogP contribution >= 0.6 is 11.6 Å². The Hall–Kier alpha value is -2.07. The first-order chi connectivity index (χ1) is 9.69. The van der Waals surface area contributed by atoms with Gasteiger partial charge < -0.3 is 10.1 Å². The van der Waals surface area contributed by atoms with Crippen LogP contribution in [-0.4, -0.2) is 17.5 Å². The third kappa shape index (κ3) is 3.96. The molecule has 0 aliphatic carbocycles. The van der Waals surface area contributed by atoms with Crippen LogP contribution in [0.5, 0.6) is 5.75 Å². The van der Waals surface area contributed by atoms with Crippen molar-refractivity contribution in [1.82, 2.24) is 4.98 Å². The molecule has 0 unspecified atom stereocenters. The van der Waals surface area contributed by atoms with Gasteiger partial charge in [0.05, 0.1) is 5.02 Å². The summed E-state index contributed by atoms with van der Waals surface area (Å²) in [6, 6.07) is 11.0. The van der Waals surface area contributed by atoms with Crippen LogP contribution in [0.4, 0.5) is 5.82 Å². The lowest BCUT2D eigenvalue weighted by molar-refractivity contribution is -0.118. The zero-order chi connectivity index (χ0) is 14.4. The number of benzene rings is 1.